The van der Waals surface area contributed by atoms with Crippen LogP contribution in [0.2, 0.25) is 0 Å². The van der Waals surface area contributed by atoms with Gasteiger partial charge >= 0.3 is 0 Å². The van der Waals surface area contributed by atoms with Crippen molar-refractivity contribution in [2.75, 3.05) is 20.3 Å². The summed E-state index contributed by atoms with van der Waals surface area (Å²) in [5.41, 5.74) is -0.0568. The van der Waals surface area contributed by atoms with Gasteiger partial charge in [0, 0.05) is 25.1 Å². The van der Waals surface area contributed by atoms with Gasteiger partial charge in [-0.15, -0.1) is 11.3 Å². The first-order chi connectivity index (χ1) is 12.9. The van der Waals surface area contributed by atoms with Gasteiger partial charge in [-0.2, -0.15) is 0 Å². The number of aliphatic hydroxyl groups is 1. The smallest absolute Gasteiger partial charge is 0.246 e. The van der Waals surface area contributed by atoms with Gasteiger partial charge in [0.05, 0.1) is 17.7 Å². The van der Waals surface area contributed by atoms with Gasteiger partial charge < -0.3 is 15.2 Å². The molecule has 1 aromatic carbocycles. The second kappa shape index (κ2) is 8.48. The highest BCUT2D eigenvalue weighted by molar-refractivity contribution is 7.10. The van der Waals surface area contributed by atoms with E-state index in [2.05, 4.69) is 10.2 Å². The number of nitrogens with one attached hydrogen (secondary N) is 1. The summed E-state index contributed by atoms with van der Waals surface area (Å²) in [6.07, 6.45) is 0.522. The van der Waals surface area contributed by atoms with Gasteiger partial charge in [-0.1, -0.05) is 18.2 Å². The molecule has 0 spiro atoms. The minimum Gasteiger partial charge on any atom is -0.388 e. The number of rotatable bonds is 6. The Bertz CT molecular complexity index is 749. The molecule has 7 heteroatoms. The summed E-state index contributed by atoms with van der Waals surface area (Å²) in [4.78, 5) is 15.5. The van der Waals surface area contributed by atoms with Crippen LogP contribution in [0.5, 0.6) is 0 Å². The molecular formula is C20H25FN2O3S. The number of thiophene rings is 1. The number of benzene rings is 1. The number of carbonyl (C=O) groups excluding carboxylic acids is 1. The number of hydrogen-bond acceptors (Lipinski definition) is 5. The molecule has 3 rings (SSSR count). The number of halogens is 1. The Morgan fingerprint density at radius 2 is 2.15 bits per heavy atom. The molecule has 27 heavy (non-hydrogen) atoms. The van der Waals surface area contributed by atoms with Gasteiger partial charge in [-0.25, -0.2) is 4.39 Å². The van der Waals surface area contributed by atoms with E-state index in [-0.39, 0.29) is 24.4 Å². The Morgan fingerprint density at radius 3 is 2.78 bits per heavy atom. The SMILES string of the molecule is COCC(=O)N[C@H]1[C@H](c2cccs2)N(Cc2ccc(F)cc2)CC[C@@]1(C)O. The van der Waals surface area contributed by atoms with Crippen LogP contribution in [0.25, 0.3) is 0 Å². The van der Waals surface area contributed by atoms with Gasteiger partial charge in [-0.05, 0) is 42.5 Å². The number of carbonyl (C=O) groups is 1. The standard InChI is InChI=1S/C20H25FN2O3S/c1-20(25)9-10-23(12-14-5-7-15(21)8-6-14)18(16-4-3-11-27-16)19(20)22-17(24)13-26-2/h3-8,11,18-19,25H,9-10,12-13H2,1-2H3,(H,22,24)/t18-,19-,20+/m0/s1. The van der Waals surface area contributed by atoms with Gasteiger partial charge in [0.25, 0.3) is 0 Å². The first kappa shape index (κ1) is 19.9. The molecule has 3 atom stereocenters. The second-order valence-corrected chi connectivity index (χ2v) is 8.12. The molecule has 0 bridgehead atoms. The molecule has 1 aliphatic rings. The van der Waals surface area contributed by atoms with Gasteiger partial charge in [0.15, 0.2) is 0 Å². The van der Waals surface area contributed by atoms with Crippen LogP contribution in [0.15, 0.2) is 41.8 Å². The van der Waals surface area contributed by atoms with Crippen molar-refractivity contribution in [3.05, 3.63) is 58.0 Å². The molecule has 1 fully saturated rings. The lowest BCUT2D eigenvalue weighted by Crippen LogP contribution is -2.62. The van der Waals surface area contributed by atoms with Crippen molar-refractivity contribution >= 4 is 17.2 Å². The minimum absolute atomic E-state index is 0.0539. The number of piperidine rings is 1. The normalized spacial score (nSPS) is 26.1. The van der Waals surface area contributed by atoms with Crippen molar-refractivity contribution in [3.8, 4) is 0 Å². The number of amides is 1. The molecule has 2 heterocycles. The second-order valence-electron chi connectivity index (χ2n) is 7.14. The molecule has 1 aromatic heterocycles. The third-order valence-electron chi connectivity index (χ3n) is 5.01. The van der Waals surface area contributed by atoms with E-state index in [1.807, 2.05) is 17.5 Å². The third kappa shape index (κ3) is 4.73. The molecule has 1 saturated heterocycles. The fourth-order valence-electron chi connectivity index (χ4n) is 3.60. The Kier molecular flexibility index (Phi) is 6.26. The predicted octanol–water partition coefficient (Wildman–Crippen LogP) is 2.72. The molecule has 0 unspecified atom stereocenters. The quantitative estimate of drug-likeness (QED) is 0.794. The summed E-state index contributed by atoms with van der Waals surface area (Å²) >= 11 is 1.60. The molecule has 2 N–H and O–H groups in total. The topological polar surface area (TPSA) is 61.8 Å². The fourth-order valence-corrected chi connectivity index (χ4v) is 4.50. The molecule has 0 saturated carbocycles. The molecule has 0 aliphatic carbocycles. The Morgan fingerprint density at radius 1 is 1.41 bits per heavy atom. The first-order valence-corrected chi connectivity index (χ1v) is 9.81. The lowest BCUT2D eigenvalue weighted by atomic mass is 9.81. The average Bonchev–Trinajstić information content (AvgIpc) is 3.14. The highest BCUT2D eigenvalue weighted by Crippen LogP contribution is 2.39. The molecule has 146 valence electrons. The number of hydrogen-bond donors (Lipinski definition) is 2. The van der Waals surface area contributed by atoms with E-state index in [0.29, 0.717) is 19.5 Å². The average molecular weight is 392 g/mol. The van der Waals surface area contributed by atoms with Gasteiger partial charge in [0.1, 0.15) is 12.4 Å². The lowest BCUT2D eigenvalue weighted by Gasteiger charge is -2.48. The van der Waals surface area contributed by atoms with E-state index >= 15 is 0 Å². The van der Waals surface area contributed by atoms with Crippen LogP contribution in [0, 0.1) is 5.82 Å². The maximum atomic E-state index is 13.2. The molecule has 1 amide bonds. The largest absolute Gasteiger partial charge is 0.388 e. The number of methoxy groups -OCH3 is 1. The Balaban J connectivity index is 1.90. The van der Waals surface area contributed by atoms with Crippen molar-refractivity contribution < 1.29 is 19.0 Å². The Hall–Kier alpha value is -1.80. The zero-order valence-electron chi connectivity index (χ0n) is 15.5. The van der Waals surface area contributed by atoms with Crippen molar-refractivity contribution in [2.24, 2.45) is 0 Å². The highest BCUT2D eigenvalue weighted by Gasteiger charge is 2.46. The summed E-state index contributed by atoms with van der Waals surface area (Å²) in [7, 11) is 1.47. The predicted molar refractivity (Wildman–Crippen MR) is 103 cm³/mol. The zero-order valence-corrected chi connectivity index (χ0v) is 16.3. The third-order valence-corrected chi connectivity index (χ3v) is 5.95. The van der Waals surface area contributed by atoms with Crippen LogP contribution in [-0.2, 0) is 16.1 Å². The van der Waals surface area contributed by atoms with Crippen LogP contribution in [-0.4, -0.2) is 47.8 Å². The van der Waals surface area contributed by atoms with Crippen LogP contribution in [0.1, 0.15) is 29.8 Å². The summed E-state index contributed by atoms with van der Waals surface area (Å²) in [6.45, 7) is 2.99. The van der Waals surface area contributed by atoms with E-state index in [9.17, 15) is 14.3 Å². The maximum Gasteiger partial charge on any atom is 0.246 e. The van der Waals surface area contributed by atoms with E-state index < -0.39 is 11.6 Å². The summed E-state index contributed by atoms with van der Waals surface area (Å²) < 4.78 is 18.2. The summed E-state index contributed by atoms with van der Waals surface area (Å²) in [5, 5.41) is 16.0. The highest BCUT2D eigenvalue weighted by atomic mass is 32.1. The van der Waals surface area contributed by atoms with Crippen molar-refractivity contribution in [1.82, 2.24) is 10.2 Å². The summed E-state index contributed by atoms with van der Waals surface area (Å²) in [6, 6.07) is 9.77. The van der Waals surface area contributed by atoms with E-state index in [1.54, 1.807) is 30.4 Å². The number of likely N-dealkylation sites (tertiary alicyclic amines) is 1. The molecule has 5 nitrogen and oxygen atoms in total. The van der Waals surface area contributed by atoms with Crippen LogP contribution in [0.3, 0.4) is 0 Å². The first-order valence-electron chi connectivity index (χ1n) is 8.93. The number of nitrogens with zero attached hydrogens (tertiary/aromatic N) is 1. The molecular weight excluding hydrogens is 367 g/mol. The minimum atomic E-state index is -1.04. The summed E-state index contributed by atoms with van der Waals surface area (Å²) in [5.74, 6) is -0.521. The Labute approximate surface area is 162 Å². The van der Waals surface area contributed by atoms with Crippen LogP contribution in [0.4, 0.5) is 4.39 Å². The van der Waals surface area contributed by atoms with E-state index in [4.69, 9.17) is 4.74 Å². The van der Waals surface area contributed by atoms with Crippen molar-refractivity contribution in [1.29, 1.82) is 0 Å². The zero-order chi connectivity index (χ0) is 19.4. The number of ether oxygens (including phenoxy) is 1. The molecule has 1 aliphatic heterocycles. The fraction of sp³-hybridized carbons (Fsp3) is 0.450. The van der Waals surface area contributed by atoms with Gasteiger partial charge in [0.2, 0.25) is 5.91 Å². The molecule has 2 aromatic rings. The molecule has 0 radical (unpaired) electrons. The van der Waals surface area contributed by atoms with E-state index in [0.717, 1.165) is 10.4 Å². The van der Waals surface area contributed by atoms with Crippen molar-refractivity contribution in [2.45, 2.75) is 37.6 Å². The van der Waals surface area contributed by atoms with E-state index in [1.165, 1.54) is 19.2 Å². The lowest BCUT2D eigenvalue weighted by molar-refractivity contribution is -0.132. The van der Waals surface area contributed by atoms with Crippen LogP contribution >= 0.6 is 11.3 Å². The van der Waals surface area contributed by atoms with Crippen molar-refractivity contribution in [3.63, 3.8) is 0 Å². The maximum absolute atomic E-state index is 13.2. The van der Waals surface area contributed by atoms with Crippen LogP contribution < -0.4 is 5.32 Å². The monoisotopic (exact) mass is 392 g/mol. The van der Waals surface area contributed by atoms with Gasteiger partial charge in [-0.3, -0.25) is 9.69 Å².